The maximum atomic E-state index is 14.2. The molecule has 224 valence electrons. The van der Waals surface area contributed by atoms with Crippen LogP contribution >= 0.6 is 0 Å². The van der Waals surface area contributed by atoms with Gasteiger partial charge in [-0.1, -0.05) is 54.6 Å². The number of rotatable bonds is 4. The fourth-order valence-corrected chi connectivity index (χ4v) is 8.07. The molecule has 45 heavy (non-hydrogen) atoms. The Morgan fingerprint density at radius 2 is 1.27 bits per heavy atom. The molecule has 3 atom stereocenters. The van der Waals surface area contributed by atoms with E-state index in [4.69, 9.17) is 4.74 Å². The average molecular weight is 597 g/mol. The van der Waals surface area contributed by atoms with E-state index in [9.17, 15) is 19.2 Å². The van der Waals surface area contributed by atoms with Crippen molar-refractivity contribution in [2.45, 2.75) is 39.0 Å². The maximum absolute atomic E-state index is 14.2. The molecular formula is C38H32N2O5. The van der Waals surface area contributed by atoms with Crippen LogP contribution in [0, 0.1) is 38.5 Å². The van der Waals surface area contributed by atoms with E-state index in [0.29, 0.717) is 17.0 Å². The summed E-state index contributed by atoms with van der Waals surface area (Å²) >= 11 is 0. The Balaban J connectivity index is 1.04. The number of imide groups is 1. The minimum atomic E-state index is -0.595. The molecule has 3 amide bonds. The van der Waals surface area contributed by atoms with Crippen LogP contribution in [0.3, 0.4) is 0 Å². The van der Waals surface area contributed by atoms with Crippen molar-refractivity contribution in [3.63, 3.8) is 0 Å². The summed E-state index contributed by atoms with van der Waals surface area (Å²) in [7, 11) is 0. The summed E-state index contributed by atoms with van der Waals surface area (Å²) in [5, 5.41) is 0. The van der Waals surface area contributed by atoms with Gasteiger partial charge in [0, 0.05) is 30.5 Å². The molecule has 7 nitrogen and oxygen atoms in total. The lowest BCUT2D eigenvalue weighted by Crippen LogP contribution is -2.41. The third-order valence-corrected chi connectivity index (χ3v) is 10.3. The van der Waals surface area contributed by atoms with Crippen LogP contribution in [0.4, 0.5) is 11.4 Å². The molecule has 2 saturated heterocycles. The lowest BCUT2D eigenvalue weighted by molar-refractivity contribution is -0.139. The molecule has 9 rings (SSSR count). The van der Waals surface area contributed by atoms with Gasteiger partial charge in [0.2, 0.25) is 17.7 Å². The van der Waals surface area contributed by atoms with Gasteiger partial charge in [-0.3, -0.25) is 19.2 Å². The van der Waals surface area contributed by atoms with Gasteiger partial charge in [-0.05, 0) is 90.0 Å². The first-order valence-electron chi connectivity index (χ1n) is 15.5. The molecule has 3 aliphatic carbocycles. The van der Waals surface area contributed by atoms with E-state index in [1.54, 1.807) is 23.1 Å². The Hall–Kier alpha value is -5.04. The second kappa shape index (κ2) is 9.99. The fourth-order valence-electron chi connectivity index (χ4n) is 8.07. The van der Waals surface area contributed by atoms with Gasteiger partial charge in [0.15, 0.2) is 0 Å². The van der Waals surface area contributed by atoms with Crippen molar-refractivity contribution < 1.29 is 23.9 Å². The lowest BCUT2D eigenvalue weighted by Gasteiger charge is -2.45. The number of carbonyl (C=O) groups excluding carboxylic acids is 4. The number of nitrogens with zero attached hydrogens (tertiary/aromatic N) is 2. The van der Waals surface area contributed by atoms with Crippen LogP contribution in [0.2, 0.25) is 0 Å². The lowest BCUT2D eigenvalue weighted by atomic mass is 9.55. The highest BCUT2D eigenvalue weighted by molar-refractivity contribution is 6.23. The molecule has 7 heteroatoms. The zero-order valence-electron chi connectivity index (χ0n) is 25.3. The smallest absolute Gasteiger partial charge is 0.316 e. The number of anilines is 2. The minimum absolute atomic E-state index is 0.0789. The van der Waals surface area contributed by atoms with E-state index >= 15 is 0 Å². The Labute approximate surface area is 261 Å². The van der Waals surface area contributed by atoms with Gasteiger partial charge in [0.1, 0.15) is 5.75 Å². The van der Waals surface area contributed by atoms with Crippen LogP contribution in [-0.2, 0) is 19.2 Å². The van der Waals surface area contributed by atoms with Crippen LogP contribution in [-0.4, -0.2) is 30.2 Å². The van der Waals surface area contributed by atoms with Crippen molar-refractivity contribution in [1.29, 1.82) is 0 Å². The van der Waals surface area contributed by atoms with Gasteiger partial charge in [0.05, 0.1) is 23.4 Å². The van der Waals surface area contributed by atoms with Crippen LogP contribution in [0.5, 0.6) is 5.75 Å². The predicted molar refractivity (Wildman–Crippen MR) is 169 cm³/mol. The molecule has 5 aliphatic rings. The van der Waals surface area contributed by atoms with Crippen molar-refractivity contribution in [3.05, 3.63) is 124 Å². The first-order chi connectivity index (χ1) is 21.7. The van der Waals surface area contributed by atoms with E-state index in [2.05, 4.69) is 24.3 Å². The third kappa shape index (κ3) is 4.03. The average Bonchev–Trinajstić information content (AvgIpc) is 3.56. The number of amides is 3. The maximum Gasteiger partial charge on any atom is 0.316 e. The number of carbonyl (C=O) groups is 4. The van der Waals surface area contributed by atoms with E-state index in [-0.39, 0.29) is 42.5 Å². The molecule has 2 aliphatic heterocycles. The highest BCUT2D eigenvalue weighted by atomic mass is 16.5. The molecule has 0 saturated carbocycles. The van der Waals surface area contributed by atoms with Gasteiger partial charge in [-0.25, -0.2) is 4.90 Å². The molecule has 0 radical (unpaired) electrons. The molecule has 0 spiro atoms. The van der Waals surface area contributed by atoms with Crippen molar-refractivity contribution in [2.24, 2.45) is 17.8 Å². The number of hydrogen-bond acceptors (Lipinski definition) is 5. The van der Waals surface area contributed by atoms with Crippen LogP contribution in [0.1, 0.15) is 57.2 Å². The van der Waals surface area contributed by atoms with Gasteiger partial charge < -0.3 is 9.64 Å². The molecule has 2 heterocycles. The van der Waals surface area contributed by atoms with E-state index in [1.165, 1.54) is 4.90 Å². The Morgan fingerprint density at radius 3 is 1.80 bits per heavy atom. The van der Waals surface area contributed by atoms with Gasteiger partial charge in [-0.2, -0.15) is 0 Å². The first-order valence-corrected chi connectivity index (χ1v) is 15.5. The van der Waals surface area contributed by atoms with Crippen LogP contribution in [0.25, 0.3) is 0 Å². The monoisotopic (exact) mass is 596 g/mol. The second-order valence-electron chi connectivity index (χ2n) is 12.8. The molecule has 0 unspecified atom stereocenters. The SMILES string of the molecule is Cc1ccc(N2C[C@H](C(=O)Oc3ccc(N4C(=O)[C@H]5C6c7ccccc7C(c7ccccc76)[C@@H]5C4=O)c(C)c3)CC2=O)cc1C. The standard InChI is InChI=1S/C38H32N2O5/c1-20-12-13-24(16-21(20)2)39-19-23(18-31(39)41)38(44)45-25-14-15-30(22(3)17-25)40-36(42)34-32-26-8-4-5-9-27(26)33(35(34)37(40)43)29-11-7-6-10-28(29)32/h4-17,23,32-35H,18-19H2,1-3H3/t23-,32?,33?,34+,35+/m1/s1. The molecule has 2 bridgehead atoms. The summed E-state index contributed by atoms with van der Waals surface area (Å²) in [6, 6.07) is 27.2. The summed E-state index contributed by atoms with van der Waals surface area (Å²) in [5.41, 5.74) is 8.68. The largest absolute Gasteiger partial charge is 0.426 e. The Kier molecular flexibility index (Phi) is 6.11. The van der Waals surface area contributed by atoms with E-state index in [0.717, 1.165) is 39.1 Å². The topological polar surface area (TPSA) is 84.0 Å². The third-order valence-electron chi connectivity index (χ3n) is 10.3. The van der Waals surface area contributed by atoms with Crippen molar-refractivity contribution in [2.75, 3.05) is 16.3 Å². The molecular weight excluding hydrogens is 564 g/mol. The highest BCUT2D eigenvalue weighted by Gasteiger charge is 2.61. The number of hydrogen-bond donors (Lipinski definition) is 0. The van der Waals surface area contributed by atoms with Gasteiger partial charge in [0.25, 0.3) is 0 Å². The number of esters is 1. The molecule has 2 fully saturated rings. The van der Waals surface area contributed by atoms with E-state index in [1.807, 2.05) is 63.2 Å². The molecule has 0 N–H and O–H groups in total. The molecule has 4 aromatic carbocycles. The van der Waals surface area contributed by atoms with Crippen molar-refractivity contribution in [3.8, 4) is 5.75 Å². The van der Waals surface area contributed by atoms with E-state index < -0.39 is 23.7 Å². The minimum Gasteiger partial charge on any atom is -0.426 e. The number of ether oxygens (including phenoxy) is 1. The zero-order chi connectivity index (χ0) is 31.1. The fraction of sp³-hybridized carbons (Fsp3) is 0.263. The van der Waals surface area contributed by atoms with Crippen LogP contribution < -0.4 is 14.5 Å². The molecule has 4 aromatic rings. The highest BCUT2D eigenvalue weighted by Crippen LogP contribution is 2.61. The van der Waals surface area contributed by atoms with Crippen LogP contribution in [0.15, 0.2) is 84.9 Å². The van der Waals surface area contributed by atoms with Gasteiger partial charge in [-0.15, -0.1) is 0 Å². The second-order valence-corrected chi connectivity index (χ2v) is 12.8. The Morgan fingerprint density at radius 1 is 0.689 bits per heavy atom. The first kappa shape index (κ1) is 27.5. The Bertz CT molecular complexity index is 1850. The zero-order valence-corrected chi connectivity index (χ0v) is 25.3. The summed E-state index contributed by atoms with van der Waals surface area (Å²) in [6.07, 6.45) is 0.0789. The quantitative estimate of drug-likeness (QED) is 0.165. The summed E-state index contributed by atoms with van der Waals surface area (Å²) in [4.78, 5) is 57.2. The normalized spacial score (nSPS) is 24.5. The predicted octanol–water partition coefficient (Wildman–Crippen LogP) is 5.97. The summed E-state index contributed by atoms with van der Waals surface area (Å²) in [5.74, 6) is -2.53. The number of benzene rings is 4. The number of aryl methyl sites for hydroxylation is 3. The van der Waals surface area contributed by atoms with Gasteiger partial charge >= 0.3 is 5.97 Å². The van der Waals surface area contributed by atoms with Crippen molar-refractivity contribution in [1.82, 2.24) is 0 Å². The van der Waals surface area contributed by atoms with Crippen molar-refractivity contribution >= 4 is 35.1 Å². The summed E-state index contributed by atoms with van der Waals surface area (Å²) in [6.45, 7) is 6.08. The summed E-state index contributed by atoms with van der Waals surface area (Å²) < 4.78 is 5.74. The molecule has 0 aromatic heterocycles.